The number of nitrogens with zero attached hydrogens (tertiary/aromatic N) is 1. The molecule has 4 heteroatoms. The maximum absolute atomic E-state index is 12.8. The van der Waals surface area contributed by atoms with Crippen LogP contribution in [0.1, 0.15) is 40.2 Å². The molecule has 1 aliphatic rings. The Labute approximate surface area is 147 Å². The van der Waals surface area contributed by atoms with Crippen LogP contribution in [0.5, 0.6) is 0 Å². The fourth-order valence-electron chi connectivity index (χ4n) is 3.75. The molecular weight excluding hydrogens is 310 g/mol. The van der Waals surface area contributed by atoms with E-state index in [0.29, 0.717) is 12.5 Å². The van der Waals surface area contributed by atoms with Crippen LogP contribution >= 0.6 is 0 Å². The third kappa shape index (κ3) is 3.17. The summed E-state index contributed by atoms with van der Waals surface area (Å²) in [5.41, 5.74) is 10.1. The number of hydrogen-bond donors (Lipinski definition) is 2. The van der Waals surface area contributed by atoms with E-state index in [2.05, 4.69) is 29.2 Å². The van der Waals surface area contributed by atoms with Crippen molar-refractivity contribution in [3.05, 3.63) is 71.4 Å². The summed E-state index contributed by atoms with van der Waals surface area (Å²) in [6.45, 7) is 2.19. The molecular formula is C21H23N3O. The van der Waals surface area contributed by atoms with Crippen LogP contribution in [0.3, 0.4) is 0 Å². The van der Waals surface area contributed by atoms with Gasteiger partial charge in [-0.1, -0.05) is 30.3 Å². The number of nitrogens with two attached hydrogens (primary N) is 1. The Kier molecular flexibility index (Phi) is 4.28. The minimum absolute atomic E-state index is 0.130. The Balaban J connectivity index is 1.44. The lowest BCUT2D eigenvalue weighted by atomic mass is 9.88. The molecule has 0 aliphatic carbocycles. The van der Waals surface area contributed by atoms with Crippen molar-refractivity contribution in [1.82, 2.24) is 9.88 Å². The summed E-state index contributed by atoms with van der Waals surface area (Å²) in [5.74, 6) is 0.645. The van der Waals surface area contributed by atoms with Gasteiger partial charge in [0.2, 0.25) is 0 Å². The van der Waals surface area contributed by atoms with Gasteiger partial charge in [-0.05, 0) is 53.5 Å². The van der Waals surface area contributed by atoms with Crippen LogP contribution in [0.4, 0.5) is 0 Å². The van der Waals surface area contributed by atoms with Crippen LogP contribution < -0.4 is 5.73 Å². The van der Waals surface area contributed by atoms with Gasteiger partial charge in [0.05, 0.1) is 0 Å². The van der Waals surface area contributed by atoms with Gasteiger partial charge in [0.1, 0.15) is 0 Å². The molecule has 1 aromatic heterocycles. The Hall–Kier alpha value is -2.59. The van der Waals surface area contributed by atoms with Crippen molar-refractivity contribution >= 4 is 16.8 Å². The molecule has 3 aromatic rings. The molecule has 2 heterocycles. The van der Waals surface area contributed by atoms with Crippen LogP contribution in [0, 0.1) is 0 Å². The van der Waals surface area contributed by atoms with Gasteiger partial charge in [-0.2, -0.15) is 0 Å². The summed E-state index contributed by atoms with van der Waals surface area (Å²) in [4.78, 5) is 18.0. The smallest absolute Gasteiger partial charge is 0.253 e. The van der Waals surface area contributed by atoms with Crippen LogP contribution in [-0.4, -0.2) is 28.9 Å². The van der Waals surface area contributed by atoms with Crippen molar-refractivity contribution in [3.8, 4) is 0 Å². The number of benzene rings is 2. The van der Waals surface area contributed by atoms with Crippen molar-refractivity contribution in [2.45, 2.75) is 25.3 Å². The number of carbonyl (C=O) groups is 1. The molecule has 3 N–H and O–H groups in total. The molecule has 1 amide bonds. The zero-order chi connectivity index (χ0) is 17.2. The molecule has 0 spiro atoms. The highest BCUT2D eigenvalue weighted by Crippen LogP contribution is 2.29. The normalized spacial score (nSPS) is 15.6. The molecule has 4 rings (SSSR count). The van der Waals surface area contributed by atoms with Gasteiger partial charge < -0.3 is 15.6 Å². The number of nitrogens with one attached hydrogen (secondary N) is 1. The highest BCUT2D eigenvalue weighted by atomic mass is 16.2. The average molecular weight is 333 g/mol. The highest BCUT2D eigenvalue weighted by molar-refractivity contribution is 5.98. The Morgan fingerprint density at radius 1 is 1.12 bits per heavy atom. The first-order valence-electron chi connectivity index (χ1n) is 8.90. The maximum atomic E-state index is 12.8. The summed E-state index contributed by atoms with van der Waals surface area (Å²) >= 11 is 0. The number of aromatic amines is 1. The third-order valence-corrected chi connectivity index (χ3v) is 5.24. The minimum atomic E-state index is 0.130. The van der Waals surface area contributed by atoms with E-state index in [1.165, 1.54) is 11.1 Å². The molecule has 128 valence electrons. The van der Waals surface area contributed by atoms with E-state index in [0.717, 1.165) is 42.4 Å². The lowest BCUT2D eigenvalue weighted by Gasteiger charge is -2.32. The molecule has 4 nitrogen and oxygen atoms in total. The summed E-state index contributed by atoms with van der Waals surface area (Å²) < 4.78 is 0. The third-order valence-electron chi connectivity index (χ3n) is 5.24. The second-order valence-corrected chi connectivity index (χ2v) is 6.80. The fraction of sp³-hybridized carbons (Fsp3) is 0.286. The first-order valence-corrected chi connectivity index (χ1v) is 8.90. The van der Waals surface area contributed by atoms with Gasteiger partial charge >= 0.3 is 0 Å². The summed E-state index contributed by atoms with van der Waals surface area (Å²) in [5, 5.41) is 1.13. The van der Waals surface area contributed by atoms with Crippen LogP contribution in [0.2, 0.25) is 0 Å². The Morgan fingerprint density at radius 3 is 2.76 bits per heavy atom. The van der Waals surface area contributed by atoms with Gasteiger partial charge in [0, 0.05) is 36.9 Å². The summed E-state index contributed by atoms with van der Waals surface area (Å²) in [6.07, 6.45) is 3.91. The molecule has 1 saturated heterocycles. The van der Waals surface area contributed by atoms with Gasteiger partial charge in [0.15, 0.2) is 0 Å². The maximum Gasteiger partial charge on any atom is 0.253 e. The van der Waals surface area contributed by atoms with E-state index in [4.69, 9.17) is 5.73 Å². The van der Waals surface area contributed by atoms with Crippen molar-refractivity contribution in [1.29, 1.82) is 0 Å². The van der Waals surface area contributed by atoms with Crippen molar-refractivity contribution in [3.63, 3.8) is 0 Å². The van der Waals surface area contributed by atoms with Gasteiger partial charge in [0.25, 0.3) is 5.91 Å². The van der Waals surface area contributed by atoms with E-state index in [1.54, 1.807) is 0 Å². The zero-order valence-corrected chi connectivity index (χ0v) is 14.2. The number of piperidine rings is 1. The van der Waals surface area contributed by atoms with E-state index < -0.39 is 0 Å². The van der Waals surface area contributed by atoms with Crippen molar-refractivity contribution in [2.75, 3.05) is 13.1 Å². The minimum Gasteiger partial charge on any atom is -0.361 e. The first-order chi connectivity index (χ1) is 12.2. The zero-order valence-electron chi connectivity index (χ0n) is 14.2. The fourth-order valence-corrected chi connectivity index (χ4v) is 3.75. The Morgan fingerprint density at radius 2 is 1.96 bits per heavy atom. The van der Waals surface area contributed by atoms with Gasteiger partial charge in [-0.25, -0.2) is 0 Å². The molecule has 0 bridgehead atoms. The predicted octanol–water partition coefficient (Wildman–Crippen LogP) is 3.65. The lowest BCUT2D eigenvalue weighted by Crippen LogP contribution is -2.37. The SMILES string of the molecule is NCc1cccc(C2CCN(C(=O)c3ccc4cc[nH]c4c3)CC2)c1. The summed E-state index contributed by atoms with van der Waals surface area (Å²) in [7, 11) is 0. The predicted molar refractivity (Wildman–Crippen MR) is 101 cm³/mol. The van der Waals surface area contributed by atoms with E-state index in [9.17, 15) is 4.79 Å². The lowest BCUT2D eigenvalue weighted by molar-refractivity contribution is 0.0713. The molecule has 0 atom stereocenters. The Bertz CT molecular complexity index is 891. The first kappa shape index (κ1) is 15.9. The number of hydrogen-bond acceptors (Lipinski definition) is 2. The standard InChI is InChI=1S/C21H23N3O/c22-14-15-2-1-3-18(12-15)16-7-10-24(11-8-16)21(25)19-5-4-17-6-9-23-20(17)13-19/h1-6,9,12-13,16,23H,7-8,10-11,14,22H2. The number of rotatable bonds is 3. The molecule has 0 saturated carbocycles. The second kappa shape index (κ2) is 6.73. The number of H-pyrrole nitrogens is 1. The monoisotopic (exact) mass is 333 g/mol. The average Bonchev–Trinajstić information content (AvgIpc) is 3.15. The van der Waals surface area contributed by atoms with Crippen LogP contribution in [0.25, 0.3) is 10.9 Å². The molecule has 0 radical (unpaired) electrons. The number of fused-ring (bicyclic) bond motifs is 1. The van der Waals surface area contributed by atoms with Crippen molar-refractivity contribution in [2.24, 2.45) is 5.73 Å². The van der Waals surface area contributed by atoms with E-state index in [1.807, 2.05) is 35.4 Å². The molecule has 0 unspecified atom stereocenters. The largest absolute Gasteiger partial charge is 0.361 e. The molecule has 2 aromatic carbocycles. The van der Waals surface area contributed by atoms with E-state index in [-0.39, 0.29) is 5.91 Å². The second-order valence-electron chi connectivity index (χ2n) is 6.80. The van der Waals surface area contributed by atoms with Gasteiger partial charge in [-0.15, -0.1) is 0 Å². The molecule has 25 heavy (non-hydrogen) atoms. The number of carbonyl (C=O) groups excluding carboxylic acids is 1. The number of aromatic nitrogens is 1. The van der Waals surface area contributed by atoms with Gasteiger partial charge in [-0.3, -0.25) is 4.79 Å². The molecule has 1 fully saturated rings. The van der Waals surface area contributed by atoms with Crippen LogP contribution in [0.15, 0.2) is 54.7 Å². The number of amides is 1. The van der Waals surface area contributed by atoms with E-state index >= 15 is 0 Å². The topological polar surface area (TPSA) is 62.1 Å². The van der Waals surface area contributed by atoms with Crippen LogP contribution in [-0.2, 0) is 6.54 Å². The summed E-state index contributed by atoms with van der Waals surface area (Å²) in [6, 6.07) is 16.4. The number of likely N-dealkylation sites (tertiary alicyclic amines) is 1. The molecule has 1 aliphatic heterocycles. The van der Waals surface area contributed by atoms with Crippen molar-refractivity contribution < 1.29 is 4.79 Å². The highest BCUT2D eigenvalue weighted by Gasteiger charge is 2.24. The quantitative estimate of drug-likeness (QED) is 0.768.